The van der Waals surface area contributed by atoms with Crippen LogP contribution in [0.5, 0.6) is 5.75 Å². The Morgan fingerprint density at radius 2 is 2.06 bits per heavy atom. The van der Waals surface area contributed by atoms with Gasteiger partial charge in [0.1, 0.15) is 11.5 Å². The Morgan fingerprint density at radius 3 is 2.65 bits per heavy atom. The van der Waals surface area contributed by atoms with Crippen molar-refractivity contribution in [1.82, 2.24) is 0 Å². The molecule has 90 valence electrons. The third kappa shape index (κ3) is 5.72. The minimum atomic E-state index is 0.210. The van der Waals surface area contributed by atoms with Gasteiger partial charge in [0.15, 0.2) is 0 Å². The number of aryl methyl sites for hydroxylation is 1. The lowest BCUT2D eigenvalue weighted by Crippen LogP contribution is -1.97. The second kappa shape index (κ2) is 7.45. The van der Waals surface area contributed by atoms with Gasteiger partial charge >= 0.3 is 0 Å². The topological polar surface area (TPSA) is 50.1 Å². The van der Waals surface area contributed by atoms with Crippen molar-refractivity contribution in [3.8, 4) is 11.8 Å². The molecule has 0 amide bonds. The van der Waals surface area contributed by atoms with Crippen LogP contribution in [0.4, 0.5) is 0 Å². The Balaban J connectivity index is 2.34. The van der Waals surface area contributed by atoms with Crippen molar-refractivity contribution >= 4 is 5.78 Å². The molecule has 0 fully saturated rings. The fraction of sp³-hybridized carbons (Fsp3) is 0.429. The van der Waals surface area contributed by atoms with Crippen LogP contribution in [0.15, 0.2) is 24.3 Å². The molecule has 1 aromatic carbocycles. The smallest absolute Gasteiger partial charge is 0.130 e. The lowest BCUT2D eigenvalue weighted by molar-refractivity contribution is -0.116. The monoisotopic (exact) mass is 231 g/mol. The molecule has 0 atom stereocenters. The van der Waals surface area contributed by atoms with E-state index < -0.39 is 0 Å². The quantitative estimate of drug-likeness (QED) is 0.678. The van der Waals surface area contributed by atoms with Crippen molar-refractivity contribution < 1.29 is 9.53 Å². The zero-order valence-corrected chi connectivity index (χ0v) is 10.1. The lowest BCUT2D eigenvalue weighted by atomic mass is 10.1. The molecule has 0 spiro atoms. The van der Waals surface area contributed by atoms with Gasteiger partial charge in [-0.25, -0.2) is 0 Å². The van der Waals surface area contributed by atoms with Crippen molar-refractivity contribution in [2.45, 2.75) is 32.6 Å². The normalized spacial score (nSPS) is 9.65. The van der Waals surface area contributed by atoms with E-state index in [9.17, 15) is 4.79 Å². The number of nitriles is 1. The predicted octanol–water partition coefficient (Wildman–Crippen LogP) is 2.89. The summed E-state index contributed by atoms with van der Waals surface area (Å²) in [6.07, 6.45) is 2.64. The standard InChI is InChI=1S/C14H17NO2/c1-12(16)4-5-13-6-8-14(9-7-13)17-11-3-2-10-15/h6-9H,2-5,11H2,1H3. The van der Waals surface area contributed by atoms with Crippen LogP contribution in [-0.2, 0) is 11.2 Å². The van der Waals surface area contributed by atoms with Crippen LogP contribution < -0.4 is 4.74 Å². The van der Waals surface area contributed by atoms with E-state index in [-0.39, 0.29) is 5.78 Å². The van der Waals surface area contributed by atoms with Gasteiger partial charge in [0, 0.05) is 12.8 Å². The molecule has 3 heteroatoms. The molecule has 0 aliphatic rings. The summed E-state index contributed by atoms with van der Waals surface area (Å²) < 4.78 is 5.47. The molecule has 0 saturated carbocycles. The number of rotatable bonds is 7. The van der Waals surface area contributed by atoms with Crippen molar-refractivity contribution in [3.63, 3.8) is 0 Å². The van der Waals surface area contributed by atoms with Crippen LogP contribution in [0.25, 0.3) is 0 Å². The van der Waals surface area contributed by atoms with Gasteiger partial charge in [0.05, 0.1) is 12.7 Å². The molecule has 1 rings (SSSR count). The van der Waals surface area contributed by atoms with Crippen molar-refractivity contribution in [1.29, 1.82) is 5.26 Å². The first-order chi connectivity index (χ1) is 8.22. The van der Waals surface area contributed by atoms with Crippen LogP contribution in [0.3, 0.4) is 0 Å². The van der Waals surface area contributed by atoms with Crippen LogP contribution in [0.2, 0.25) is 0 Å². The summed E-state index contributed by atoms with van der Waals surface area (Å²) in [6.45, 7) is 2.17. The maximum Gasteiger partial charge on any atom is 0.130 e. The highest BCUT2D eigenvalue weighted by Crippen LogP contribution is 2.13. The molecule has 0 aromatic heterocycles. The summed E-state index contributed by atoms with van der Waals surface area (Å²) in [5.41, 5.74) is 1.14. The van der Waals surface area contributed by atoms with Crippen LogP contribution in [0.1, 0.15) is 31.7 Å². The van der Waals surface area contributed by atoms with Gasteiger partial charge in [-0.15, -0.1) is 0 Å². The Kier molecular flexibility index (Phi) is 5.81. The van der Waals surface area contributed by atoms with Gasteiger partial charge in [0.25, 0.3) is 0 Å². The second-order valence-corrected chi connectivity index (χ2v) is 3.96. The molecule has 0 aliphatic heterocycles. The Bertz CT molecular complexity index is 390. The molecule has 0 N–H and O–H groups in total. The maximum absolute atomic E-state index is 10.8. The van der Waals surface area contributed by atoms with Crippen LogP contribution in [-0.4, -0.2) is 12.4 Å². The number of ether oxygens (including phenoxy) is 1. The fourth-order valence-electron chi connectivity index (χ4n) is 1.41. The Hall–Kier alpha value is -1.82. The number of hydrogen-bond acceptors (Lipinski definition) is 3. The summed E-state index contributed by atoms with van der Waals surface area (Å²) in [7, 11) is 0. The molecule has 0 heterocycles. The van der Waals surface area contributed by atoms with Gasteiger partial charge in [-0.05, 0) is 37.5 Å². The number of unbranched alkanes of at least 4 members (excludes halogenated alkanes) is 1. The molecule has 0 unspecified atom stereocenters. The SMILES string of the molecule is CC(=O)CCc1ccc(OCCCC#N)cc1. The first-order valence-electron chi connectivity index (χ1n) is 5.80. The van der Waals surface area contributed by atoms with Crippen molar-refractivity contribution in [2.24, 2.45) is 0 Å². The zero-order chi connectivity index (χ0) is 12.5. The van der Waals surface area contributed by atoms with E-state index in [1.165, 1.54) is 0 Å². The summed E-state index contributed by atoms with van der Waals surface area (Å²) in [5.74, 6) is 1.02. The van der Waals surface area contributed by atoms with Gasteiger partial charge in [0.2, 0.25) is 0 Å². The largest absolute Gasteiger partial charge is 0.494 e. The predicted molar refractivity (Wildman–Crippen MR) is 65.8 cm³/mol. The molecule has 0 bridgehead atoms. The van der Waals surface area contributed by atoms with E-state index in [2.05, 4.69) is 6.07 Å². The number of nitrogens with zero attached hydrogens (tertiary/aromatic N) is 1. The molecule has 1 aromatic rings. The van der Waals surface area contributed by atoms with E-state index in [4.69, 9.17) is 10.00 Å². The van der Waals surface area contributed by atoms with Crippen molar-refractivity contribution in [3.05, 3.63) is 29.8 Å². The number of carbonyl (C=O) groups is 1. The molecular weight excluding hydrogens is 214 g/mol. The number of carbonyl (C=O) groups excluding carboxylic acids is 1. The summed E-state index contributed by atoms with van der Waals surface area (Å²) in [4.78, 5) is 10.8. The summed E-state index contributed by atoms with van der Waals surface area (Å²) in [5, 5.41) is 8.37. The first-order valence-corrected chi connectivity index (χ1v) is 5.80. The third-order valence-electron chi connectivity index (χ3n) is 2.39. The minimum Gasteiger partial charge on any atom is -0.494 e. The van der Waals surface area contributed by atoms with Gasteiger partial charge < -0.3 is 9.53 Å². The van der Waals surface area contributed by atoms with Crippen LogP contribution in [0, 0.1) is 11.3 Å². The van der Waals surface area contributed by atoms with E-state index in [1.54, 1.807) is 6.92 Å². The van der Waals surface area contributed by atoms with Crippen molar-refractivity contribution in [2.75, 3.05) is 6.61 Å². The van der Waals surface area contributed by atoms with Gasteiger partial charge in [-0.1, -0.05) is 12.1 Å². The number of ketones is 1. The Labute approximate surface area is 102 Å². The average Bonchev–Trinajstić information content (AvgIpc) is 2.33. The number of benzene rings is 1. The van der Waals surface area contributed by atoms with E-state index in [0.29, 0.717) is 19.4 Å². The molecule has 0 radical (unpaired) electrons. The molecule has 17 heavy (non-hydrogen) atoms. The number of hydrogen-bond donors (Lipinski definition) is 0. The zero-order valence-electron chi connectivity index (χ0n) is 10.1. The summed E-state index contributed by atoms with van der Waals surface area (Å²) >= 11 is 0. The minimum absolute atomic E-state index is 0.210. The maximum atomic E-state index is 10.8. The number of Topliss-reactive ketones (excluding diaryl/α,β-unsaturated/α-hetero) is 1. The van der Waals surface area contributed by atoms with E-state index in [1.807, 2.05) is 24.3 Å². The third-order valence-corrected chi connectivity index (χ3v) is 2.39. The average molecular weight is 231 g/mol. The lowest BCUT2D eigenvalue weighted by Gasteiger charge is -2.05. The molecular formula is C14H17NO2. The van der Waals surface area contributed by atoms with Gasteiger partial charge in [-0.2, -0.15) is 5.26 Å². The van der Waals surface area contributed by atoms with Crippen LogP contribution >= 0.6 is 0 Å². The summed E-state index contributed by atoms with van der Waals surface area (Å²) in [6, 6.07) is 9.84. The van der Waals surface area contributed by atoms with Gasteiger partial charge in [-0.3, -0.25) is 0 Å². The van der Waals surface area contributed by atoms with E-state index in [0.717, 1.165) is 24.2 Å². The second-order valence-electron chi connectivity index (χ2n) is 3.96. The highest BCUT2D eigenvalue weighted by atomic mass is 16.5. The highest BCUT2D eigenvalue weighted by molar-refractivity contribution is 5.75. The molecule has 0 aliphatic carbocycles. The first kappa shape index (κ1) is 13.2. The molecule has 3 nitrogen and oxygen atoms in total. The molecule has 0 saturated heterocycles. The highest BCUT2D eigenvalue weighted by Gasteiger charge is 1.98. The Morgan fingerprint density at radius 1 is 1.35 bits per heavy atom. The fourth-order valence-corrected chi connectivity index (χ4v) is 1.41. The van der Waals surface area contributed by atoms with E-state index >= 15 is 0 Å².